The molecule has 1 saturated heterocycles. The Balaban J connectivity index is 1.95. The van der Waals surface area contributed by atoms with E-state index in [0.717, 1.165) is 50.6 Å². The average Bonchev–Trinajstić information content (AvgIpc) is 2.63. The molecule has 2 rings (SSSR count). The first-order valence-electron chi connectivity index (χ1n) is 7.42. The SMILES string of the molecule is Cc1noc(C)c1CN1CCCN(C(=O)C(C)C)CC1. The number of aromatic nitrogens is 1. The summed E-state index contributed by atoms with van der Waals surface area (Å²) in [5.41, 5.74) is 2.16. The Bertz CT molecular complexity index is 448. The van der Waals surface area contributed by atoms with Crippen LogP contribution in [0.1, 0.15) is 37.3 Å². The van der Waals surface area contributed by atoms with Crippen molar-refractivity contribution in [1.29, 1.82) is 0 Å². The lowest BCUT2D eigenvalue weighted by atomic mass is 10.2. The topological polar surface area (TPSA) is 49.6 Å². The van der Waals surface area contributed by atoms with Gasteiger partial charge in [-0.3, -0.25) is 9.69 Å². The summed E-state index contributed by atoms with van der Waals surface area (Å²) in [6.45, 7) is 12.4. The first kappa shape index (κ1) is 15.0. The standard InChI is InChI=1S/C15H25N3O2/c1-11(2)15(19)18-7-5-6-17(8-9-18)10-14-12(3)16-20-13(14)4/h11H,5-10H2,1-4H3. The lowest BCUT2D eigenvalue weighted by Crippen LogP contribution is -2.37. The van der Waals surface area contributed by atoms with Crippen molar-refractivity contribution in [2.24, 2.45) is 5.92 Å². The second kappa shape index (κ2) is 6.39. The zero-order valence-electron chi connectivity index (χ0n) is 13.0. The third-order valence-corrected chi connectivity index (χ3v) is 3.96. The van der Waals surface area contributed by atoms with Crippen molar-refractivity contribution in [3.63, 3.8) is 0 Å². The van der Waals surface area contributed by atoms with Crippen LogP contribution in [0.15, 0.2) is 4.52 Å². The summed E-state index contributed by atoms with van der Waals surface area (Å²) in [5.74, 6) is 1.26. The highest BCUT2D eigenvalue weighted by Gasteiger charge is 2.22. The van der Waals surface area contributed by atoms with Crippen molar-refractivity contribution in [3.05, 3.63) is 17.0 Å². The van der Waals surface area contributed by atoms with Gasteiger partial charge in [-0.25, -0.2) is 0 Å². The van der Waals surface area contributed by atoms with Crippen LogP contribution in [-0.4, -0.2) is 47.0 Å². The van der Waals surface area contributed by atoms with Crippen molar-refractivity contribution < 1.29 is 9.32 Å². The molecule has 0 aliphatic carbocycles. The van der Waals surface area contributed by atoms with Gasteiger partial charge in [-0.1, -0.05) is 19.0 Å². The highest BCUT2D eigenvalue weighted by molar-refractivity contribution is 5.78. The first-order chi connectivity index (χ1) is 9.49. The Morgan fingerprint density at radius 1 is 1.25 bits per heavy atom. The van der Waals surface area contributed by atoms with Gasteiger partial charge in [-0.2, -0.15) is 0 Å². The molecule has 1 aliphatic heterocycles. The van der Waals surface area contributed by atoms with E-state index in [0.29, 0.717) is 0 Å². The molecule has 0 radical (unpaired) electrons. The van der Waals surface area contributed by atoms with Gasteiger partial charge in [0, 0.05) is 44.2 Å². The molecule has 0 aromatic carbocycles. The van der Waals surface area contributed by atoms with Crippen molar-refractivity contribution in [1.82, 2.24) is 15.0 Å². The van der Waals surface area contributed by atoms with Crippen LogP contribution in [0.5, 0.6) is 0 Å². The molecule has 0 unspecified atom stereocenters. The highest BCUT2D eigenvalue weighted by Crippen LogP contribution is 2.16. The Kier molecular flexibility index (Phi) is 4.81. The number of aryl methyl sites for hydroxylation is 2. The summed E-state index contributed by atoms with van der Waals surface area (Å²) >= 11 is 0. The largest absolute Gasteiger partial charge is 0.361 e. The molecular formula is C15H25N3O2. The third-order valence-electron chi connectivity index (χ3n) is 3.96. The van der Waals surface area contributed by atoms with E-state index in [1.54, 1.807) is 0 Å². The molecule has 0 N–H and O–H groups in total. The fraction of sp³-hybridized carbons (Fsp3) is 0.733. The number of hydrogen-bond acceptors (Lipinski definition) is 4. The molecular weight excluding hydrogens is 254 g/mol. The number of carbonyl (C=O) groups is 1. The maximum Gasteiger partial charge on any atom is 0.225 e. The van der Waals surface area contributed by atoms with Crippen LogP contribution in [-0.2, 0) is 11.3 Å². The lowest BCUT2D eigenvalue weighted by Gasteiger charge is -2.23. The van der Waals surface area contributed by atoms with Gasteiger partial charge in [0.2, 0.25) is 5.91 Å². The summed E-state index contributed by atoms with van der Waals surface area (Å²) in [7, 11) is 0. The average molecular weight is 279 g/mol. The number of amides is 1. The van der Waals surface area contributed by atoms with Crippen LogP contribution in [0, 0.1) is 19.8 Å². The van der Waals surface area contributed by atoms with E-state index in [1.165, 1.54) is 5.56 Å². The van der Waals surface area contributed by atoms with E-state index in [4.69, 9.17) is 4.52 Å². The highest BCUT2D eigenvalue weighted by atomic mass is 16.5. The summed E-state index contributed by atoms with van der Waals surface area (Å²) in [6, 6.07) is 0. The van der Waals surface area contributed by atoms with Gasteiger partial charge in [-0.05, 0) is 20.3 Å². The van der Waals surface area contributed by atoms with E-state index >= 15 is 0 Å². The normalized spacial score (nSPS) is 17.6. The van der Waals surface area contributed by atoms with Crippen LogP contribution < -0.4 is 0 Å². The molecule has 1 aliphatic rings. The van der Waals surface area contributed by atoms with E-state index in [1.807, 2.05) is 32.6 Å². The first-order valence-corrected chi connectivity index (χ1v) is 7.42. The second-order valence-electron chi connectivity index (χ2n) is 5.91. The Morgan fingerprint density at radius 3 is 2.60 bits per heavy atom. The molecule has 1 fully saturated rings. The van der Waals surface area contributed by atoms with Gasteiger partial charge < -0.3 is 9.42 Å². The predicted octanol–water partition coefficient (Wildman–Crippen LogP) is 1.98. The molecule has 20 heavy (non-hydrogen) atoms. The zero-order chi connectivity index (χ0) is 14.7. The molecule has 1 amide bonds. The lowest BCUT2D eigenvalue weighted by molar-refractivity contribution is -0.134. The minimum absolute atomic E-state index is 0.0871. The maximum atomic E-state index is 12.1. The molecule has 112 valence electrons. The summed E-state index contributed by atoms with van der Waals surface area (Å²) < 4.78 is 5.22. The van der Waals surface area contributed by atoms with Crippen molar-refractivity contribution in [2.45, 2.75) is 40.7 Å². The molecule has 5 heteroatoms. The van der Waals surface area contributed by atoms with Gasteiger partial charge >= 0.3 is 0 Å². The zero-order valence-corrected chi connectivity index (χ0v) is 13.0. The summed E-state index contributed by atoms with van der Waals surface area (Å²) in [4.78, 5) is 16.5. The van der Waals surface area contributed by atoms with Crippen LogP contribution in [0.3, 0.4) is 0 Å². The van der Waals surface area contributed by atoms with Crippen LogP contribution in [0.25, 0.3) is 0 Å². The van der Waals surface area contributed by atoms with Crippen molar-refractivity contribution in [2.75, 3.05) is 26.2 Å². The summed E-state index contributed by atoms with van der Waals surface area (Å²) in [5, 5.41) is 4.01. The molecule has 0 bridgehead atoms. The number of carbonyl (C=O) groups excluding carboxylic acids is 1. The fourth-order valence-corrected chi connectivity index (χ4v) is 2.67. The van der Waals surface area contributed by atoms with Gasteiger partial charge in [0.15, 0.2) is 0 Å². The fourth-order valence-electron chi connectivity index (χ4n) is 2.67. The van der Waals surface area contributed by atoms with Gasteiger partial charge in [0.05, 0.1) is 5.69 Å². The molecule has 1 aromatic rings. The van der Waals surface area contributed by atoms with Gasteiger partial charge in [0.1, 0.15) is 5.76 Å². The molecule has 0 saturated carbocycles. The molecule has 0 spiro atoms. The van der Waals surface area contributed by atoms with Gasteiger partial charge in [0.25, 0.3) is 0 Å². The minimum Gasteiger partial charge on any atom is -0.361 e. The molecule has 5 nitrogen and oxygen atoms in total. The Labute approximate surface area is 120 Å². The molecule has 0 atom stereocenters. The quantitative estimate of drug-likeness (QED) is 0.849. The second-order valence-corrected chi connectivity index (χ2v) is 5.91. The van der Waals surface area contributed by atoms with Crippen molar-refractivity contribution in [3.8, 4) is 0 Å². The number of rotatable bonds is 3. The third kappa shape index (κ3) is 3.39. The number of hydrogen-bond donors (Lipinski definition) is 0. The van der Waals surface area contributed by atoms with Crippen molar-refractivity contribution >= 4 is 5.91 Å². The molecule has 2 heterocycles. The minimum atomic E-state index is 0.0871. The summed E-state index contributed by atoms with van der Waals surface area (Å²) in [6.07, 6.45) is 1.03. The van der Waals surface area contributed by atoms with E-state index < -0.39 is 0 Å². The van der Waals surface area contributed by atoms with Gasteiger partial charge in [-0.15, -0.1) is 0 Å². The van der Waals surface area contributed by atoms with Crippen LogP contribution >= 0.6 is 0 Å². The van der Waals surface area contributed by atoms with Crippen LogP contribution in [0.2, 0.25) is 0 Å². The Hall–Kier alpha value is -1.36. The van der Waals surface area contributed by atoms with E-state index in [9.17, 15) is 4.79 Å². The monoisotopic (exact) mass is 279 g/mol. The smallest absolute Gasteiger partial charge is 0.225 e. The Morgan fingerprint density at radius 2 is 2.00 bits per heavy atom. The van der Waals surface area contributed by atoms with E-state index in [-0.39, 0.29) is 11.8 Å². The number of nitrogens with zero attached hydrogens (tertiary/aromatic N) is 3. The van der Waals surface area contributed by atoms with Crippen LogP contribution in [0.4, 0.5) is 0 Å². The van der Waals surface area contributed by atoms with E-state index in [2.05, 4.69) is 10.1 Å². The predicted molar refractivity (Wildman–Crippen MR) is 77.3 cm³/mol. The maximum absolute atomic E-state index is 12.1. The molecule has 1 aromatic heterocycles.